The third kappa shape index (κ3) is 1.99. The molecule has 1 fully saturated rings. The summed E-state index contributed by atoms with van der Waals surface area (Å²) in [6.45, 7) is 0. The van der Waals surface area contributed by atoms with Crippen molar-refractivity contribution in [3.8, 4) is 0 Å². The summed E-state index contributed by atoms with van der Waals surface area (Å²) in [5.74, 6) is -0.130. The zero-order valence-electron chi connectivity index (χ0n) is 12.8. The molecule has 0 N–H and O–H groups in total. The molecule has 2 aliphatic heterocycles. The Morgan fingerprint density at radius 1 is 0.833 bits per heavy atom. The van der Waals surface area contributed by atoms with E-state index in [2.05, 4.69) is 34.1 Å². The first-order valence-corrected chi connectivity index (χ1v) is 10.4. The second kappa shape index (κ2) is 5.26. The fraction of sp³-hybridized carbons (Fsp3) is 0.222. The van der Waals surface area contributed by atoms with Crippen molar-refractivity contribution in [3.05, 3.63) is 52.0 Å². The quantitative estimate of drug-likeness (QED) is 0.620. The van der Waals surface area contributed by atoms with Gasteiger partial charge in [0.1, 0.15) is 7.85 Å². The number of ketones is 2. The molecule has 4 atom stereocenters. The first-order valence-electron chi connectivity index (χ1n) is 7.85. The molecule has 0 spiro atoms. The molecule has 0 bridgehead atoms. The van der Waals surface area contributed by atoms with Crippen LogP contribution in [-0.4, -0.2) is 29.9 Å². The molecule has 2 aromatic carbocycles. The van der Waals surface area contributed by atoms with Crippen molar-refractivity contribution in [2.75, 3.05) is 0 Å². The van der Waals surface area contributed by atoms with Gasteiger partial charge >= 0.3 is 0 Å². The largest absolute Gasteiger partial charge is 0.298 e. The third-order valence-corrected chi connectivity index (χ3v) is 8.36. The van der Waals surface area contributed by atoms with E-state index < -0.39 is 0 Å². The molecule has 2 nitrogen and oxygen atoms in total. The Morgan fingerprint density at radius 3 is 2.00 bits per heavy atom. The number of hydrogen-bond acceptors (Lipinski definition) is 4. The summed E-state index contributed by atoms with van der Waals surface area (Å²) >= 11 is 6.64. The topological polar surface area (TPSA) is 34.1 Å². The molecule has 24 heavy (non-hydrogen) atoms. The van der Waals surface area contributed by atoms with Gasteiger partial charge in [0.25, 0.3) is 0 Å². The van der Waals surface area contributed by atoms with Gasteiger partial charge in [0.15, 0.2) is 11.6 Å². The highest BCUT2D eigenvalue weighted by Crippen LogP contribution is 2.58. The average Bonchev–Trinajstić information content (AvgIpc) is 3.11. The van der Waals surface area contributed by atoms with Crippen LogP contribution in [-0.2, 0) is 9.59 Å². The summed E-state index contributed by atoms with van der Waals surface area (Å²) in [7, 11) is 2.04. The normalized spacial score (nSPS) is 29.9. The highest BCUT2D eigenvalue weighted by molar-refractivity contribution is 9.10. The van der Waals surface area contributed by atoms with Gasteiger partial charge in [-0.05, 0) is 35.4 Å². The van der Waals surface area contributed by atoms with Gasteiger partial charge in [0.05, 0.1) is 22.3 Å². The van der Waals surface area contributed by atoms with Crippen molar-refractivity contribution >= 4 is 64.3 Å². The second-order valence-electron chi connectivity index (χ2n) is 6.56. The van der Waals surface area contributed by atoms with Crippen molar-refractivity contribution in [2.45, 2.75) is 32.1 Å². The Balaban J connectivity index is 1.63. The van der Waals surface area contributed by atoms with Gasteiger partial charge in [-0.15, -0.1) is 23.5 Å². The number of carbonyl (C=O) groups excluding carboxylic acids is 2. The van der Waals surface area contributed by atoms with Gasteiger partial charge in [0, 0.05) is 14.3 Å². The molecule has 4 unspecified atom stereocenters. The van der Waals surface area contributed by atoms with Crippen molar-refractivity contribution in [1.29, 1.82) is 0 Å². The lowest BCUT2D eigenvalue weighted by atomic mass is 9.73. The van der Waals surface area contributed by atoms with E-state index in [1.807, 2.05) is 26.0 Å². The van der Waals surface area contributed by atoms with E-state index in [9.17, 15) is 9.59 Å². The lowest BCUT2D eigenvalue weighted by Crippen LogP contribution is -2.45. The van der Waals surface area contributed by atoms with Gasteiger partial charge in [-0.25, -0.2) is 0 Å². The number of thioether (sulfide) groups is 2. The summed E-state index contributed by atoms with van der Waals surface area (Å²) in [6.07, 6.45) is 0. The number of rotatable bonds is 0. The van der Waals surface area contributed by atoms with Crippen LogP contribution in [0.5, 0.6) is 0 Å². The molecule has 2 aromatic rings. The molecule has 1 saturated carbocycles. The number of hydrogen-bond donors (Lipinski definition) is 0. The van der Waals surface area contributed by atoms with Crippen LogP contribution in [0.25, 0.3) is 0 Å². The Labute approximate surface area is 157 Å². The fourth-order valence-corrected chi connectivity index (χ4v) is 7.25. The van der Waals surface area contributed by atoms with Crippen molar-refractivity contribution in [2.24, 2.45) is 0 Å². The second-order valence-corrected chi connectivity index (χ2v) is 9.84. The molecular weight excluding hydrogens is 403 g/mol. The number of Topliss-reactive ketones (excluding diaryl/α,β-unsaturated/α-hetero) is 2. The minimum Gasteiger partial charge on any atom is -0.298 e. The maximum Gasteiger partial charge on any atom is 0.156 e. The maximum atomic E-state index is 13.3. The Kier molecular flexibility index (Phi) is 3.35. The fourth-order valence-electron chi connectivity index (χ4n) is 4.03. The molecule has 0 aromatic heterocycles. The van der Waals surface area contributed by atoms with E-state index in [1.54, 1.807) is 23.5 Å². The van der Waals surface area contributed by atoms with E-state index >= 15 is 0 Å². The summed E-state index contributed by atoms with van der Waals surface area (Å²) in [6, 6.07) is 12.2. The predicted molar refractivity (Wildman–Crippen MR) is 104 cm³/mol. The van der Waals surface area contributed by atoms with E-state index in [1.165, 1.54) is 0 Å². The van der Waals surface area contributed by atoms with Crippen LogP contribution in [0.4, 0.5) is 0 Å². The molecular formula is C18H12BBrO2S2. The Morgan fingerprint density at radius 2 is 1.38 bits per heavy atom. The molecule has 0 radical (unpaired) electrons. The lowest BCUT2D eigenvalue weighted by Gasteiger charge is -2.31. The van der Waals surface area contributed by atoms with Crippen LogP contribution in [0.3, 0.4) is 0 Å². The van der Waals surface area contributed by atoms with Crippen LogP contribution in [0.1, 0.15) is 23.0 Å². The highest BCUT2D eigenvalue weighted by Gasteiger charge is 2.57. The van der Waals surface area contributed by atoms with E-state index in [4.69, 9.17) is 0 Å². The smallest absolute Gasteiger partial charge is 0.156 e. The Bertz CT molecular complexity index is 854. The number of carbonyl (C=O) groups is 2. The zero-order chi connectivity index (χ0) is 16.6. The monoisotopic (exact) mass is 414 g/mol. The first-order chi connectivity index (χ1) is 11.5. The van der Waals surface area contributed by atoms with Crippen LogP contribution in [0, 0.1) is 0 Å². The molecule has 1 aliphatic carbocycles. The van der Waals surface area contributed by atoms with Gasteiger partial charge in [0.2, 0.25) is 0 Å². The molecule has 3 aliphatic rings. The summed E-state index contributed by atoms with van der Waals surface area (Å²) in [4.78, 5) is 28.7. The molecule has 0 amide bonds. The summed E-state index contributed by atoms with van der Waals surface area (Å²) in [5.41, 5.74) is 3.21. The Hall–Kier alpha value is -0.975. The van der Waals surface area contributed by atoms with Crippen LogP contribution in [0.2, 0.25) is 0 Å². The maximum absolute atomic E-state index is 13.3. The minimum atomic E-state index is -0.292. The SMILES string of the molecule is Bc1ccc2c(c1)C1C(=O)C3Sc4ccc(Br)cc4C3C(=O)C1S2. The number of benzene rings is 2. The molecule has 2 heterocycles. The van der Waals surface area contributed by atoms with Gasteiger partial charge in [-0.3, -0.25) is 9.59 Å². The van der Waals surface area contributed by atoms with E-state index in [-0.39, 0.29) is 33.9 Å². The van der Waals surface area contributed by atoms with E-state index in [0.29, 0.717) is 0 Å². The van der Waals surface area contributed by atoms with Crippen LogP contribution < -0.4 is 5.46 Å². The summed E-state index contributed by atoms with van der Waals surface area (Å²) in [5, 5.41) is -0.531. The average molecular weight is 415 g/mol. The zero-order valence-corrected chi connectivity index (χ0v) is 16.0. The number of halogens is 1. The van der Waals surface area contributed by atoms with Gasteiger partial charge in [-0.1, -0.05) is 33.5 Å². The first kappa shape index (κ1) is 15.3. The standard InChI is InChI=1S/C18H12BBrO2S2/c19-7-1-3-11-9(5-7)13-15(21)18-14(16(22)17(13)23-11)10-6-8(20)2-4-12(10)24-18/h1-6,13-14,17-18H,19H2. The number of fused-ring (bicyclic) bond motifs is 6. The lowest BCUT2D eigenvalue weighted by molar-refractivity contribution is -0.130. The molecule has 6 heteroatoms. The van der Waals surface area contributed by atoms with Gasteiger partial charge < -0.3 is 0 Å². The van der Waals surface area contributed by atoms with Crippen LogP contribution in [0.15, 0.2) is 50.7 Å². The molecule has 0 saturated heterocycles. The predicted octanol–water partition coefficient (Wildman–Crippen LogP) is 2.68. The highest BCUT2D eigenvalue weighted by atomic mass is 79.9. The minimum absolute atomic E-state index is 0.216. The van der Waals surface area contributed by atoms with Gasteiger partial charge in [-0.2, -0.15) is 0 Å². The molecule has 5 rings (SSSR count). The van der Waals surface area contributed by atoms with Crippen molar-refractivity contribution in [1.82, 2.24) is 0 Å². The summed E-state index contributed by atoms with van der Waals surface area (Å²) < 4.78 is 0.961. The van der Waals surface area contributed by atoms with Crippen LogP contribution >= 0.6 is 39.5 Å². The van der Waals surface area contributed by atoms with E-state index in [0.717, 1.165) is 30.9 Å². The molecule has 118 valence electrons. The van der Waals surface area contributed by atoms with Crippen molar-refractivity contribution < 1.29 is 9.59 Å². The third-order valence-electron chi connectivity index (χ3n) is 5.09. The van der Waals surface area contributed by atoms with Crippen molar-refractivity contribution in [3.63, 3.8) is 0 Å².